The average molecular weight is 248 g/mol. The van der Waals surface area contributed by atoms with Crippen LogP contribution in [-0.2, 0) is 9.53 Å². The van der Waals surface area contributed by atoms with Crippen LogP contribution in [0.1, 0.15) is 5.56 Å². The van der Waals surface area contributed by atoms with Crippen molar-refractivity contribution in [1.29, 1.82) is 0 Å². The lowest BCUT2D eigenvalue weighted by atomic mass is 10.2. The molecule has 18 heavy (non-hydrogen) atoms. The Morgan fingerprint density at radius 3 is 2.67 bits per heavy atom. The van der Waals surface area contributed by atoms with Crippen LogP contribution in [0.5, 0.6) is 0 Å². The van der Waals surface area contributed by atoms with Gasteiger partial charge in [-0.25, -0.2) is 4.79 Å². The summed E-state index contributed by atoms with van der Waals surface area (Å²) < 4.78 is 4.72. The molecule has 0 fully saturated rings. The van der Waals surface area contributed by atoms with Crippen LogP contribution in [0.3, 0.4) is 0 Å². The molecule has 0 amide bonds. The number of aliphatic imine (C=N–C) groups is 1. The normalized spacial score (nSPS) is 10.2. The molecule has 0 aliphatic rings. The van der Waals surface area contributed by atoms with E-state index in [0.29, 0.717) is 6.54 Å². The molecule has 1 rings (SSSR count). The molecule has 0 bridgehead atoms. The Hall–Kier alpha value is -2.50. The van der Waals surface area contributed by atoms with E-state index < -0.39 is 10.9 Å². The van der Waals surface area contributed by atoms with Gasteiger partial charge in [-0.3, -0.25) is 15.1 Å². The molecule has 0 N–H and O–H groups in total. The summed E-state index contributed by atoms with van der Waals surface area (Å²) in [5.74, 6) is -0.486. The first-order valence-electron chi connectivity index (χ1n) is 5.17. The van der Waals surface area contributed by atoms with Crippen LogP contribution >= 0.6 is 0 Å². The molecule has 0 radical (unpaired) electrons. The number of nitro groups is 1. The summed E-state index contributed by atoms with van der Waals surface area (Å²) in [6.45, 7) is 3.77. The van der Waals surface area contributed by atoms with Gasteiger partial charge in [0.1, 0.15) is 6.61 Å². The number of rotatable bonds is 6. The molecule has 1 aromatic rings. The number of nitrogens with zero attached hydrogens (tertiary/aromatic N) is 2. The summed E-state index contributed by atoms with van der Waals surface area (Å²) >= 11 is 0. The summed E-state index contributed by atoms with van der Waals surface area (Å²) in [7, 11) is 0. The molecule has 0 aliphatic carbocycles. The first-order valence-corrected chi connectivity index (χ1v) is 5.17. The maximum absolute atomic E-state index is 10.7. The smallest absolute Gasteiger partial charge is 0.330 e. The number of hydrogen-bond acceptors (Lipinski definition) is 5. The molecular formula is C12H12N2O4. The number of non-ortho nitro benzene ring substituents is 1. The van der Waals surface area contributed by atoms with Crippen molar-refractivity contribution in [3.8, 4) is 0 Å². The molecule has 6 heteroatoms. The van der Waals surface area contributed by atoms with Crippen molar-refractivity contribution in [3.05, 3.63) is 52.6 Å². The van der Waals surface area contributed by atoms with Gasteiger partial charge in [0.15, 0.2) is 0 Å². The lowest BCUT2D eigenvalue weighted by Crippen LogP contribution is -2.04. The van der Waals surface area contributed by atoms with Crippen molar-refractivity contribution < 1.29 is 14.5 Å². The second-order valence-electron chi connectivity index (χ2n) is 3.26. The van der Waals surface area contributed by atoms with Crippen LogP contribution < -0.4 is 0 Å². The Morgan fingerprint density at radius 1 is 1.44 bits per heavy atom. The van der Waals surface area contributed by atoms with E-state index in [-0.39, 0.29) is 12.3 Å². The molecule has 0 unspecified atom stereocenters. The second-order valence-corrected chi connectivity index (χ2v) is 3.26. The molecule has 0 atom stereocenters. The fraction of sp³-hybridized carbons (Fsp3) is 0.167. The summed E-state index contributed by atoms with van der Waals surface area (Å²) in [5.41, 5.74) is 0.780. The fourth-order valence-corrected chi connectivity index (χ4v) is 1.11. The zero-order chi connectivity index (χ0) is 13.4. The van der Waals surface area contributed by atoms with E-state index in [2.05, 4.69) is 11.6 Å². The van der Waals surface area contributed by atoms with Crippen LogP contribution in [0.25, 0.3) is 0 Å². The Kier molecular flexibility index (Phi) is 5.24. The lowest BCUT2D eigenvalue weighted by molar-refractivity contribution is -0.384. The molecule has 0 heterocycles. The standard InChI is InChI=1S/C12H12N2O4/c1-2-12(15)18-8-7-13-9-10-3-5-11(6-4-10)14(16)17/h2-6,9H,1,7-8H2. The lowest BCUT2D eigenvalue weighted by Gasteiger charge is -1.97. The number of carbonyl (C=O) groups excluding carboxylic acids is 1. The third-order valence-electron chi connectivity index (χ3n) is 1.98. The molecule has 0 aliphatic heterocycles. The molecular weight excluding hydrogens is 236 g/mol. The number of esters is 1. The van der Waals surface area contributed by atoms with Gasteiger partial charge in [0.2, 0.25) is 0 Å². The predicted molar refractivity (Wildman–Crippen MR) is 66.7 cm³/mol. The van der Waals surface area contributed by atoms with Crippen molar-refractivity contribution in [1.82, 2.24) is 0 Å². The number of nitro benzene ring substituents is 1. The molecule has 0 aromatic heterocycles. The number of hydrogen-bond donors (Lipinski definition) is 0. The minimum Gasteiger partial charge on any atom is -0.461 e. The molecule has 94 valence electrons. The molecule has 0 saturated carbocycles. The van der Waals surface area contributed by atoms with Gasteiger partial charge in [-0.1, -0.05) is 6.58 Å². The van der Waals surface area contributed by atoms with Crippen molar-refractivity contribution in [2.75, 3.05) is 13.2 Å². The van der Waals surface area contributed by atoms with Crippen LogP contribution in [0, 0.1) is 10.1 Å². The Bertz CT molecular complexity index is 465. The van der Waals surface area contributed by atoms with Crippen molar-refractivity contribution in [2.24, 2.45) is 4.99 Å². The second kappa shape index (κ2) is 6.95. The minimum absolute atomic E-state index is 0.0343. The van der Waals surface area contributed by atoms with Gasteiger partial charge in [0, 0.05) is 24.4 Å². The molecule has 6 nitrogen and oxygen atoms in total. The summed E-state index contributed by atoms with van der Waals surface area (Å²) in [5, 5.41) is 10.4. The van der Waals surface area contributed by atoms with Gasteiger partial charge >= 0.3 is 5.97 Å². The van der Waals surface area contributed by atoms with E-state index >= 15 is 0 Å². The molecule has 1 aromatic carbocycles. The van der Waals surface area contributed by atoms with E-state index in [0.717, 1.165) is 11.6 Å². The number of benzene rings is 1. The topological polar surface area (TPSA) is 81.8 Å². The Balaban J connectivity index is 2.40. The van der Waals surface area contributed by atoms with E-state index in [1.165, 1.54) is 12.1 Å². The average Bonchev–Trinajstić information content (AvgIpc) is 2.38. The van der Waals surface area contributed by atoms with Gasteiger partial charge in [-0.2, -0.15) is 0 Å². The van der Waals surface area contributed by atoms with Crippen LogP contribution in [-0.4, -0.2) is 30.3 Å². The van der Waals surface area contributed by atoms with E-state index in [9.17, 15) is 14.9 Å². The van der Waals surface area contributed by atoms with Gasteiger partial charge in [0.05, 0.1) is 11.5 Å². The molecule has 0 spiro atoms. The zero-order valence-corrected chi connectivity index (χ0v) is 9.61. The van der Waals surface area contributed by atoms with Crippen molar-refractivity contribution in [3.63, 3.8) is 0 Å². The predicted octanol–water partition coefficient (Wildman–Crippen LogP) is 1.74. The van der Waals surface area contributed by atoms with E-state index in [1.54, 1.807) is 18.3 Å². The van der Waals surface area contributed by atoms with Crippen LogP contribution in [0.2, 0.25) is 0 Å². The summed E-state index contributed by atoms with van der Waals surface area (Å²) in [6.07, 6.45) is 2.64. The SMILES string of the molecule is C=CC(=O)OCCN=Cc1ccc([N+](=O)[O-])cc1. The third kappa shape index (κ3) is 4.56. The Morgan fingerprint density at radius 2 is 2.11 bits per heavy atom. The summed E-state index contributed by atoms with van der Waals surface area (Å²) in [4.78, 5) is 24.7. The number of carbonyl (C=O) groups is 1. The first kappa shape index (κ1) is 13.6. The maximum atomic E-state index is 10.7. The van der Waals surface area contributed by atoms with Crippen LogP contribution in [0.4, 0.5) is 5.69 Å². The first-order chi connectivity index (χ1) is 8.63. The molecule has 0 saturated heterocycles. The van der Waals surface area contributed by atoms with Gasteiger partial charge in [-0.05, 0) is 17.7 Å². The highest BCUT2D eigenvalue weighted by Gasteiger charge is 2.02. The maximum Gasteiger partial charge on any atom is 0.330 e. The van der Waals surface area contributed by atoms with Crippen molar-refractivity contribution in [2.45, 2.75) is 0 Å². The van der Waals surface area contributed by atoms with Crippen LogP contribution in [0.15, 0.2) is 41.9 Å². The summed E-state index contributed by atoms with van der Waals surface area (Å²) in [6, 6.07) is 5.99. The van der Waals surface area contributed by atoms with E-state index in [1.807, 2.05) is 0 Å². The van der Waals surface area contributed by atoms with Gasteiger partial charge in [-0.15, -0.1) is 0 Å². The van der Waals surface area contributed by atoms with E-state index in [4.69, 9.17) is 4.74 Å². The quantitative estimate of drug-likeness (QED) is 0.192. The zero-order valence-electron chi connectivity index (χ0n) is 9.61. The Labute approximate surface area is 104 Å². The van der Waals surface area contributed by atoms with Gasteiger partial charge in [0.25, 0.3) is 5.69 Å². The monoisotopic (exact) mass is 248 g/mol. The third-order valence-corrected chi connectivity index (χ3v) is 1.98. The largest absolute Gasteiger partial charge is 0.461 e. The minimum atomic E-state index is -0.486. The highest BCUT2D eigenvalue weighted by atomic mass is 16.6. The fourth-order valence-electron chi connectivity index (χ4n) is 1.11. The highest BCUT2D eigenvalue weighted by molar-refractivity contribution is 5.81. The van der Waals surface area contributed by atoms with Crippen molar-refractivity contribution >= 4 is 17.9 Å². The number of ether oxygens (including phenoxy) is 1. The van der Waals surface area contributed by atoms with Gasteiger partial charge < -0.3 is 4.74 Å². The highest BCUT2D eigenvalue weighted by Crippen LogP contribution is 2.10.